The Hall–Kier alpha value is -3.76. The van der Waals surface area contributed by atoms with E-state index in [1.54, 1.807) is 13.8 Å². The number of likely N-dealkylation sites (tertiary alicyclic amines) is 1. The molecule has 1 amide bonds. The van der Waals surface area contributed by atoms with E-state index < -0.39 is 11.7 Å². The first-order valence-electron chi connectivity index (χ1n) is 11.7. The first kappa shape index (κ1) is 24.0. The van der Waals surface area contributed by atoms with Crippen molar-refractivity contribution in [2.75, 3.05) is 30.9 Å². The van der Waals surface area contributed by atoms with Gasteiger partial charge < -0.3 is 25.4 Å². The van der Waals surface area contributed by atoms with Crippen molar-refractivity contribution in [2.24, 2.45) is 0 Å². The van der Waals surface area contributed by atoms with Crippen LogP contribution >= 0.6 is 0 Å². The summed E-state index contributed by atoms with van der Waals surface area (Å²) in [7, 11) is 0. The fraction of sp³-hybridized carbons (Fsp3) is 0.400. The number of alkyl halides is 3. The Kier molecular flexibility index (Phi) is 6.01. The fourth-order valence-electron chi connectivity index (χ4n) is 4.89. The van der Waals surface area contributed by atoms with Gasteiger partial charge in [0.05, 0.1) is 5.56 Å². The van der Waals surface area contributed by atoms with Crippen molar-refractivity contribution in [3.8, 4) is 11.5 Å². The number of hydrogen-bond acceptors (Lipinski definition) is 7. The fourth-order valence-corrected chi connectivity index (χ4v) is 4.89. The number of nitrogens with zero attached hydrogens (tertiary/aromatic N) is 3. The van der Waals surface area contributed by atoms with E-state index in [4.69, 9.17) is 15.2 Å². The van der Waals surface area contributed by atoms with Crippen LogP contribution in [0.3, 0.4) is 0 Å². The summed E-state index contributed by atoms with van der Waals surface area (Å²) in [5, 5.41) is 3.86. The Labute approximate surface area is 205 Å². The second-order valence-electron chi connectivity index (χ2n) is 9.14. The summed E-state index contributed by atoms with van der Waals surface area (Å²) in [6.45, 7) is 4.77. The monoisotopic (exact) mass is 501 g/mol. The number of anilines is 2. The maximum Gasteiger partial charge on any atom is 0.416 e. The van der Waals surface area contributed by atoms with E-state index in [2.05, 4.69) is 15.3 Å². The molecule has 8 nitrogen and oxygen atoms in total. The highest BCUT2D eigenvalue weighted by atomic mass is 19.4. The number of hydrogen-bond donors (Lipinski definition) is 2. The first-order chi connectivity index (χ1) is 17.1. The molecule has 0 saturated carbocycles. The zero-order chi connectivity index (χ0) is 25.6. The first-order valence-corrected chi connectivity index (χ1v) is 11.7. The topological polar surface area (TPSA) is 103 Å². The molecule has 3 aromatic rings. The van der Waals surface area contributed by atoms with Crippen molar-refractivity contribution in [1.29, 1.82) is 0 Å². The van der Waals surface area contributed by atoms with E-state index in [0.29, 0.717) is 52.7 Å². The minimum absolute atomic E-state index is 0.0351. The average Bonchev–Trinajstić information content (AvgIpc) is 3.32. The van der Waals surface area contributed by atoms with Gasteiger partial charge in [0.25, 0.3) is 0 Å². The summed E-state index contributed by atoms with van der Waals surface area (Å²) < 4.78 is 51.4. The molecule has 2 aliphatic heterocycles. The lowest BCUT2D eigenvalue weighted by molar-refractivity contribution is -0.137. The predicted molar refractivity (Wildman–Crippen MR) is 128 cm³/mol. The van der Waals surface area contributed by atoms with Crippen LogP contribution in [0.5, 0.6) is 11.5 Å². The van der Waals surface area contributed by atoms with Gasteiger partial charge in [-0.3, -0.25) is 4.79 Å². The van der Waals surface area contributed by atoms with Crippen molar-refractivity contribution in [1.82, 2.24) is 14.9 Å². The van der Waals surface area contributed by atoms with Crippen LogP contribution in [0, 0.1) is 6.92 Å². The van der Waals surface area contributed by atoms with Gasteiger partial charge in [-0.1, -0.05) is 0 Å². The Bertz CT molecular complexity index is 1340. The molecule has 11 heteroatoms. The molecule has 2 aliphatic rings. The zero-order valence-corrected chi connectivity index (χ0v) is 19.9. The molecular formula is C25H26F3N5O3. The largest absolute Gasteiger partial charge is 0.453 e. The summed E-state index contributed by atoms with van der Waals surface area (Å²) in [6.07, 6.45) is -2.94. The van der Waals surface area contributed by atoms with Crippen molar-refractivity contribution >= 4 is 28.3 Å². The van der Waals surface area contributed by atoms with Crippen molar-refractivity contribution < 1.29 is 27.4 Å². The van der Waals surface area contributed by atoms with Gasteiger partial charge in [0.1, 0.15) is 17.2 Å². The molecular weight excluding hydrogens is 475 g/mol. The number of benzene rings is 2. The van der Waals surface area contributed by atoms with Gasteiger partial charge in [-0.25, -0.2) is 9.97 Å². The van der Waals surface area contributed by atoms with Crippen molar-refractivity contribution in [3.05, 3.63) is 46.8 Å². The lowest BCUT2D eigenvalue weighted by atomic mass is 9.87. The van der Waals surface area contributed by atoms with Gasteiger partial charge in [0.15, 0.2) is 11.5 Å². The SMILES string of the molecule is CC(=O)N1CCC(c2cc3c(NCc4cc(N)cc(C(F)(F)F)c4)nc(C)nc3c3c2OCO3)CC1. The minimum Gasteiger partial charge on any atom is -0.453 e. The van der Waals surface area contributed by atoms with Gasteiger partial charge in [0, 0.05) is 43.2 Å². The predicted octanol–water partition coefficient (Wildman–Crippen LogP) is 4.61. The number of amides is 1. The third-order valence-electron chi connectivity index (χ3n) is 6.63. The molecule has 2 aromatic carbocycles. The van der Waals surface area contributed by atoms with Crippen LogP contribution in [0.2, 0.25) is 0 Å². The molecule has 3 heterocycles. The number of carbonyl (C=O) groups excluding carboxylic acids is 1. The van der Waals surface area contributed by atoms with Gasteiger partial charge in [0.2, 0.25) is 12.7 Å². The van der Waals surface area contributed by atoms with Gasteiger partial charge in [-0.15, -0.1) is 0 Å². The number of carbonyl (C=O) groups is 1. The quantitative estimate of drug-likeness (QED) is 0.504. The minimum atomic E-state index is -4.49. The molecule has 3 N–H and O–H groups in total. The normalized spacial score (nSPS) is 16.0. The van der Waals surface area contributed by atoms with E-state index >= 15 is 0 Å². The van der Waals surface area contributed by atoms with Crippen LogP contribution in [0.4, 0.5) is 24.7 Å². The molecule has 0 unspecified atom stereocenters. The number of nitrogens with two attached hydrogens (primary N) is 1. The van der Waals surface area contributed by atoms with E-state index in [-0.39, 0.29) is 30.9 Å². The van der Waals surface area contributed by atoms with Gasteiger partial charge in [-0.05, 0) is 55.5 Å². The third-order valence-corrected chi connectivity index (χ3v) is 6.63. The second kappa shape index (κ2) is 9.03. The zero-order valence-electron chi connectivity index (χ0n) is 19.9. The molecule has 1 aromatic heterocycles. The van der Waals surface area contributed by atoms with Crippen LogP contribution in [0.1, 0.15) is 48.2 Å². The van der Waals surface area contributed by atoms with Crippen LogP contribution in [-0.4, -0.2) is 40.7 Å². The number of nitrogen functional groups attached to an aromatic ring is 1. The molecule has 0 aliphatic carbocycles. The Morgan fingerprint density at radius 2 is 1.86 bits per heavy atom. The van der Waals surface area contributed by atoms with Gasteiger partial charge in [-0.2, -0.15) is 13.2 Å². The molecule has 0 radical (unpaired) electrons. The molecule has 5 rings (SSSR count). The lowest BCUT2D eigenvalue weighted by Gasteiger charge is -2.32. The highest BCUT2D eigenvalue weighted by Crippen LogP contribution is 2.47. The van der Waals surface area contributed by atoms with E-state index in [1.165, 1.54) is 6.07 Å². The smallest absolute Gasteiger partial charge is 0.416 e. The lowest BCUT2D eigenvalue weighted by Crippen LogP contribution is -2.36. The number of aromatic nitrogens is 2. The van der Waals surface area contributed by atoms with E-state index in [9.17, 15) is 18.0 Å². The molecule has 1 saturated heterocycles. The summed E-state index contributed by atoms with van der Waals surface area (Å²) in [5.74, 6) is 2.36. The highest BCUT2D eigenvalue weighted by molar-refractivity contribution is 5.96. The summed E-state index contributed by atoms with van der Waals surface area (Å²) in [4.78, 5) is 22.7. The molecule has 1 fully saturated rings. The number of rotatable bonds is 4. The number of nitrogens with one attached hydrogen (secondary N) is 1. The Morgan fingerprint density at radius 3 is 2.56 bits per heavy atom. The average molecular weight is 502 g/mol. The maximum absolute atomic E-state index is 13.2. The Balaban J connectivity index is 1.51. The van der Waals surface area contributed by atoms with Crippen LogP contribution in [0.15, 0.2) is 24.3 Å². The van der Waals surface area contributed by atoms with E-state index in [0.717, 1.165) is 30.5 Å². The standard InChI is InChI=1S/C25H26F3N5O3/c1-13-31-21-20(24(32-13)30-11-15-7-17(25(26,27)28)9-18(29)8-15)10-19(22-23(21)36-12-35-22)16-3-5-33(6-4-16)14(2)34/h7-10,16H,3-6,11-12,29H2,1-2H3,(H,30,31,32). The molecule has 190 valence electrons. The molecule has 36 heavy (non-hydrogen) atoms. The summed E-state index contributed by atoms with van der Waals surface area (Å²) in [5.41, 5.74) is 6.87. The van der Waals surface area contributed by atoms with Gasteiger partial charge >= 0.3 is 6.18 Å². The van der Waals surface area contributed by atoms with Crippen molar-refractivity contribution in [2.45, 2.75) is 45.3 Å². The second-order valence-corrected chi connectivity index (χ2v) is 9.14. The Morgan fingerprint density at radius 1 is 1.14 bits per heavy atom. The highest BCUT2D eigenvalue weighted by Gasteiger charge is 2.32. The van der Waals surface area contributed by atoms with Crippen molar-refractivity contribution in [3.63, 3.8) is 0 Å². The number of fused-ring (bicyclic) bond motifs is 3. The number of ether oxygens (including phenoxy) is 2. The molecule has 0 atom stereocenters. The summed E-state index contributed by atoms with van der Waals surface area (Å²) >= 11 is 0. The maximum atomic E-state index is 13.2. The molecule has 0 bridgehead atoms. The number of piperidine rings is 1. The van der Waals surface area contributed by atoms with Crippen LogP contribution in [0.25, 0.3) is 10.9 Å². The molecule has 0 spiro atoms. The van der Waals surface area contributed by atoms with E-state index in [1.807, 2.05) is 11.0 Å². The summed E-state index contributed by atoms with van der Waals surface area (Å²) in [6, 6.07) is 5.46. The van der Waals surface area contributed by atoms with Crippen LogP contribution in [-0.2, 0) is 17.5 Å². The number of aryl methyl sites for hydroxylation is 1. The number of halogens is 3. The third kappa shape index (κ3) is 4.57. The van der Waals surface area contributed by atoms with Crippen LogP contribution < -0.4 is 20.5 Å².